The number of piperidine rings is 1. The van der Waals surface area contributed by atoms with Crippen LogP contribution in [0.1, 0.15) is 56.6 Å². The maximum Gasteiger partial charge on any atom is 0.136 e. The number of nitrogens with zero attached hydrogens (tertiary/aromatic N) is 1. The Morgan fingerprint density at radius 2 is 2.15 bits per heavy atom. The Bertz CT molecular complexity index is 725. The Labute approximate surface area is 157 Å². The highest BCUT2D eigenvalue weighted by Gasteiger charge is 2.57. The summed E-state index contributed by atoms with van der Waals surface area (Å²) in [5.41, 5.74) is 2.96. The lowest BCUT2D eigenvalue weighted by molar-refractivity contribution is -0.132. The van der Waals surface area contributed by atoms with Gasteiger partial charge in [0.15, 0.2) is 0 Å². The molecule has 0 radical (unpaired) electrons. The van der Waals surface area contributed by atoms with Crippen LogP contribution in [0.5, 0.6) is 5.75 Å². The molecule has 2 bridgehead atoms. The van der Waals surface area contributed by atoms with Crippen LogP contribution >= 0.6 is 0 Å². The maximum absolute atomic E-state index is 12.8. The lowest BCUT2D eigenvalue weighted by Gasteiger charge is -2.60. The molecular weight excluding hydrogens is 322 g/mol. The van der Waals surface area contributed by atoms with Gasteiger partial charge in [0.1, 0.15) is 11.5 Å². The molecule has 0 spiro atoms. The minimum absolute atomic E-state index is 0.0620. The van der Waals surface area contributed by atoms with Crippen molar-refractivity contribution >= 4 is 5.78 Å². The predicted molar refractivity (Wildman–Crippen MR) is 103 cm³/mol. The third-order valence-electron chi connectivity index (χ3n) is 8.14. The van der Waals surface area contributed by atoms with Crippen LogP contribution in [-0.2, 0) is 16.6 Å². The SMILES string of the molecule is COc1ccc2c(c1)C13CCN(CC4CCC4)C(C2)[C@@H]1C[C@H](C)C(=O)C3. The number of benzene rings is 1. The molecule has 2 unspecified atom stereocenters. The first-order chi connectivity index (χ1) is 12.6. The summed E-state index contributed by atoms with van der Waals surface area (Å²) >= 11 is 0. The molecule has 4 atom stereocenters. The minimum Gasteiger partial charge on any atom is -0.497 e. The summed E-state index contributed by atoms with van der Waals surface area (Å²) in [5, 5.41) is 0. The highest BCUT2D eigenvalue weighted by atomic mass is 16.5. The molecule has 1 aromatic rings. The summed E-state index contributed by atoms with van der Waals surface area (Å²) in [5.74, 6) is 3.19. The van der Waals surface area contributed by atoms with Crippen molar-refractivity contribution < 1.29 is 9.53 Å². The van der Waals surface area contributed by atoms with E-state index < -0.39 is 0 Å². The summed E-state index contributed by atoms with van der Waals surface area (Å²) in [6.45, 7) is 4.60. The van der Waals surface area contributed by atoms with Crippen LogP contribution in [-0.4, -0.2) is 36.9 Å². The monoisotopic (exact) mass is 353 g/mol. The van der Waals surface area contributed by atoms with Gasteiger partial charge in [0.2, 0.25) is 0 Å². The smallest absolute Gasteiger partial charge is 0.136 e. The van der Waals surface area contributed by atoms with Gasteiger partial charge >= 0.3 is 0 Å². The van der Waals surface area contributed by atoms with E-state index in [-0.39, 0.29) is 11.3 Å². The summed E-state index contributed by atoms with van der Waals surface area (Å²) in [7, 11) is 1.75. The molecule has 5 rings (SSSR count). The van der Waals surface area contributed by atoms with E-state index in [2.05, 4.69) is 30.0 Å². The average molecular weight is 354 g/mol. The molecule has 1 saturated heterocycles. The fourth-order valence-electron chi connectivity index (χ4n) is 6.40. The minimum atomic E-state index is 0.0620. The van der Waals surface area contributed by atoms with E-state index in [0.717, 1.165) is 43.9 Å². The molecule has 3 nitrogen and oxygen atoms in total. The second-order valence-corrected chi connectivity index (χ2v) is 9.38. The number of methoxy groups -OCH3 is 1. The number of Topliss-reactive ketones (excluding diaryl/α,β-unsaturated/α-hetero) is 1. The van der Waals surface area contributed by atoms with Gasteiger partial charge in [-0.2, -0.15) is 0 Å². The van der Waals surface area contributed by atoms with E-state index in [1.807, 2.05) is 0 Å². The molecular formula is C23H31NO2. The third-order valence-corrected chi connectivity index (χ3v) is 8.14. The van der Waals surface area contributed by atoms with E-state index in [4.69, 9.17) is 4.74 Å². The fourth-order valence-corrected chi connectivity index (χ4v) is 6.40. The zero-order valence-electron chi connectivity index (χ0n) is 16.2. The van der Waals surface area contributed by atoms with Crippen molar-refractivity contribution in [3.05, 3.63) is 29.3 Å². The molecule has 140 valence electrons. The Kier molecular flexibility index (Phi) is 3.93. The van der Waals surface area contributed by atoms with Crippen LogP contribution in [0.4, 0.5) is 0 Å². The van der Waals surface area contributed by atoms with Crippen molar-refractivity contribution in [1.29, 1.82) is 0 Å². The van der Waals surface area contributed by atoms with Crippen LogP contribution < -0.4 is 4.74 Å². The van der Waals surface area contributed by atoms with Gasteiger partial charge in [0.05, 0.1) is 7.11 Å². The first-order valence-corrected chi connectivity index (χ1v) is 10.5. The average Bonchev–Trinajstić information content (AvgIpc) is 2.60. The number of carbonyl (C=O) groups is 1. The van der Waals surface area contributed by atoms with Gasteiger partial charge in [-0.3, -0.25) is 9.69 Å². The van der Waals surface area contributed by atoms with Crippen molar-refractivity contribution in [2.45, 2.75) is 63.3 Å². The molecule has 1 heterocycles. The van der Waals surface area contributed by atoms with Crippen LogP contribution in [0, 0.1) is 17.8 Å². The van der Waals surface area contributed by atoms with Crippen molar-refractivity contribution in [3.8, 4) is 5.75 Å². The summed E-state index contributed by atoms with van der Waals surface area (Å²) in [4.78, 5) is 15.6. The summed E-state index contributed by atoms with van der Waals surface area (Å²) < 4.78 is 5.54. The molecule has 0 amide bonds. The lowest BCUT2D eigenvalue weighted by atomic mass is 9.50. The second kappa shape index (κ2) is 6.09. The van der Waals surface area contributed by atoms with Crippen LogP contribution in [0.15, 0.2) is 18.2 Å². The van der Waals surface area contributed by atoms with E-state index in [1.54, 1.807) is 7.11 Å². The summed E-state index contributed by atoms with van der Waals surface area (Å²) in [6.07, 6.45) is 8.36. The molecule has 0 aromatic heterocycles. The third kappa shape index (κ3) is 2.39. The highest BCUT2D eigenvalue weighted by molar-refractivity contribution is 5.83. The number of fused-ring (bicyclic) bond motifs is 1. The van der Waals surface area contributed by atoms with E-state index >= 15 is 0 Å². The molecule has 4 aliphatic rings. The molecule has 0 N–H and O–H groups in total. The zero-order valence-corrected chi connectivity index (χ0v) is 16.2. The van der Waals surface area contributed by atoms with Crippen molar-refractivity contribution in [1.82, 2.24) is 4.90 Å². The maximum atomic E-state index is 12.8. The highest BCUT2D eigenvalue weighted by Crippen LogP contribution is 2.56. The molecule has 3 fully saturated rings. The normalized spacial score (nSPS) is 36.8. The number of hydrogen-bond acceptors (Lipinski definition) is 3. The predicted octanol–water partition coefficient (Wildman–Crippen LogP) is 3.98. The number of ether oxygens (including phenoxy) is 1. The zero-order chi connectivity index (χ0) is 17.9. The Balaban J connectivity index is 1.56. The van der Waals surface area contributed by atoms with Crippen LogP contribution in [0.25, 0.3) is 0 Å². The van der Waals surface area contributed by atoms with Gasteiger partial charge in [-0.25, -0.2) is 0 Å². The first-order valence-electron chi connectivity index (χ1n) is 10.5. The van der Waals surface area contributed by atoms with Gasteiger partial charge in [0, 0.05) is 30.3 Å². The number of rotatable bonds is 3. The lowest BCUT2D eigenvalue weighted by Crippen LogP contribution is -2.63. The second-order valence-electron chi connectivity index (χ2n) is 9.38. The Morgan fingerprint density at radius 1 is 1.31 bits per heavy atom. The van der Waals surface area contributed by atoms with Crippen LogP contribution in [0.3, 0.4) is 0 Å². The van der Waals surface area contributed by atoms with Gasteiger partial charge < -0.3 is 4.74 Å². The number of hydrogen-bond donors (Lipinski definition) is 0. The fraction of sp³-hybridized carbons (Fsp3) is 0.696. The Hall–Kier alpha value is -1.35. The van der Waals surface area contributed by atoms with Gasteiger partial charge in [-0.15, -0.1) is 0 Å². The molecule has 3 aliphatic carbocycles. The van der Waals surface area contributed by atoms with E-state index in [1.165, 1.54) is 36.9 Å². The summed E-state index contributed by atoms with van der Waals surface area (Å²) in [6, 6.07) is 7.26. The molecule has 1 aliphatic heterocycles. The van der Waals surface area contributed by atoms with Crippen molar-refractivity contribution in [2.24, 2.45) is 17.8 Å². The standard InChI is InChI=1S/C23H31NO2/c1-15-10-20-21-11-17-6-7-18(26-2)12-19(17)23(20,13-22(15)25)8-9-24(21)14-16-4-3-5-16/h6-7,12,15-16,20-21H,3-5,8-11,13-14H2,1-2H3/t15-,20-,21?,23?/m0/s1. The van der Waals surface area contributed by atoms with Gasteiger partial charge in [0.25, 0.3) is 0 Å². The van der Waals surface area contributed by atoms with Crippen molar-refractivity contribution in [2.75, 3.05) is 20.2 Å². The molecule has 2 saturated carbocycles. The topological polar surface area (TPSA) is 29.5 Å². The first kappa shape index (κ1) is 16.8. The molecule has 26 heavy (non-hydrogen) atoms. The quantitative estimate of drug-likeness (QED) is 0.823. The number of carbonyl (C=O) groups excluding carboxylic acids is 1. The van der Waals surface area contributed by atoms with E-state index in [9.17, 15) is 4.79 Å². The molecule has 3 heteroatoms. The van der Waals surface area contributed by atoms with Gasteiger partial charge in [-0.1, -0.05) is 19.4 Å². The van der Waals surface area contributed by atoms with Crippen LogP contribution in [0.2, 0.25) is 0 Å². The van der Waals surface area contributed by atoms with Crippen molar-refractivity contribution in [3.63, 3.8) is 0 Å². The Morgan fingerprint density at radius 3 is 2.88 bits per heavy atom. The largest absolute Gasteiger partial charge is 0.497 e. The van der Waals surface area contributed by atoms with E-state index in [0.29, 0.717) is 17.7 Å². The van der Waals surface area contributed by atoms with Gasteiger partial charge in [-0.05, 0) is 73.7 Å². The number of ketones is 1. The number of likely N-dealkylation sites (tertiary alicyclic amines) is 1. The molecule has 1 aromatic carbocycles.